The molecule has 0 saturated carbocycles. The molecular weight excluding hydrogens is 450 g/mol. The van der Waals surface area contributed by atoms with Crippen LogP contribution in [0.15, 0.2) is 0 Å². The van der Waals surface area contributed by atoms with Crippen molar-refractivity contribution < 1.29 is 9.47 Å². The summed E-state index contributed by atoms with van der Waals surface area (Å²) in [7, 11) is 4.25. The smallest absolute Gasteiger partial charge is 0.136 e. The molecule has 5 nitrogen and oxygen atoms in total. The second kappa shape index (κ2) is 24.4. The van der Waals surface area contributed by atoms with Crippen LogP contribution in [0.3, 0.4) is 0 Å². The van der Waals surface area contributed by atoms with Crippen molar-refractivity contribution in [1.82, 2.24) is 14.7 Å². The molecule has 0 bridgehead atoms. The summed E-state index contributed by atoms with van der Waals surface area (Å²) in [6.45, 7) is 16.2. The van der Waals surface area contributed by atoms with Gasteiger partial charge in [-0.3, -0.25) is 4.90 Å². The van der Waals surface area contributed by atoms with E-state index < -0.39 is 0 Å². The summed E-state index contributed by atoms with van der Waals surface area (Å²) in [5.74, 6) is 0.0144. The summed E-state index contributed by atoms with van der Waals surface area (Å²) in [6, 6.07) is 1.24. The number of piperazine rings is 1. The first-order valence-electron chi connectivity index (χ1n) is 15.2. The summed E-state index contributed by atoms with van der Waals surface area (Å²) in [5.41, 5.74) is 0. The Morgan fingerprint density at radius 1 is 0.600 bits per heavy atom. The molecule has 0 aromatic heterocycles. The van der Waals surface area contributed by atoms with Crippen molar-refractivity contribution >= 4 is 9.52 Å². The highest BCUT2D eigenvalue weighted by Gasteiger charge is 2.17. The molecule has 0 aliphatic carbocycles. The quantitative estimate of drug-likeness (QED) is 0.0838. The van der Waals surface area contributed by atoms with E-state index in [0.717, 1.165) is 9.52 Å². The highest BCUT2D eigenvalue weighted by molar-refractivity contribution is 6.36. The van der Waals surface area contributed by atoms with Crippen molar-refractivity contribution in [2.75, 3.05) is 73.1 Å². The number of hydrogen-bond acceptors (Lipinski definition) is 5. The van der Waals surface area contributed by atoms with Crippen molar-refractivity contribution in [2.24, 2.45) is 0 Å². The zero-order valence-electron chi connectivity index (χ0n) is 24.2. The molecule has 35 heavy (non-hydrogen) atoms. The number of ether oxygens (including phenoxy) is 2. The third kappa shape index (κ3) is 18.8. The molecule has 1 saturated heterocycles. The molecule has 1 fully saturated rings. The van der Waals surface area contributed by atoms with Crippen LogP contribution in [0.1, 0.15) is 104 Å². The van der Waals surface area contributed by atoms with Gasteiger partial charge in [0, 0.05) is 53.5 Å². The van der Waals surface area contributed by atoms with Crippen molar-refractivity contribution in [3.63, 3.8) is 0 Å². The summed E-state index contributed by atoms with van der Waals surface area (Å²) >= 11 is 0. The maximum absolute atomic E-state index is 5.27. The fourth-order valence-corrected chi connectivity index (χ4v) is 6.05. The second-order valence-electron chi connectivity index (χ2n) is 10.5. The molecule has 208 valence electrons. The molecule has 0 unspecified atom stereocenters. The summed E-state index contributed by atoms with van der Waals surface area (Å²) in [4.78, 5) is 8.20. The Kier molecular flexibility index (Phi) is 23.0. The Morgan fingerprint density at radius 2 is 1.09 bits per heavy atom. The molecule has 2 radical (unpaired) electrons. The van der Waals surface area contributed by atoms with Crippen LogP contribution in [-0.4, -0.2) is 103 Å². The van der Waals surface area contributed by atoms with Crippen LogP contribution in [-0.2, 0) is 9.47 Å². The van der Waals surface area contributed by atoms with E-state index in [9.17, 15) is 0 Å². The molecule has 6 heteroatoms. The van der Waals surface area contributed by atoms with Crippen molar-refractivity contribution in [3.05, 3.63) is 0 Å². The van der Waals surface area contributed by atoms with Crippen LogP contribution in [0.2, 0.25) is 6.04 Å². The maximum atomic E-state index is 5.27. The zero-order valence-corrected chi connectivity index (χ0v) is 25.2. The molecular formula is C29H61N3O2Si. The fourth-order valence-electron chi connectivity index (χ4n) is 5.03. The van der Waals surface area contributed by atoms with Crippen LogP contribution in [0, 0.1) is 0 Å². The van der Waals surface area contributed by atoms with Crippen LogP contribution in [0.25, 0.3) is 0 Å². The molecule has 1 rings (SSSR count). The molecule has 1 heterocycles. The standard InChI is InChI=1S/C29H61N3O2Si/c1-5-7-9-15-19-30(20-16-10-8-6-2)22-25-32-26-23-31(24-27-32)21-17-13-11-12-14-18-28-35-29(33-3)34-4/h29H,5-28H2,1-4H3. The van der Waals surface area contributed by atoms with E-state index in [1.807, 2.05) is 0 Å². The Morgan fingerprint density at radius 3 is 1.63 bits per heavy atom. The zero-order chi connectivity index (χ0) is 25.4. The lowest BCUT2D eigenvalue weighted by atomic mass is 10.1. The van der Waals surface area contributed by atoms with Gasteiger partial charge in [-0.15, -0.1) is 0 Å². The summed E-state index contributed by atoms with van der Waals surface area (Å²) in [6.07, 6.45) is 19.3. The van der Waals surface area contributed by atoms with E-state index in [-0.39, 0.29) is 5.91 Å². The maximum Gasteiger partial charge on any atom is 0.136 e. The SMILES string of the molecule is CCCCCCN(CCCCCC)CCN1CCN(CCCCCCCC[Si]C(OC)OC)CC1. The van der Waals surface area contributed by atoms with Crippen LogP contribution in [0.5, 0.6) is 0 Å². The van der Waals surface area contributed by atoms with E-state index in [1.165, 1.54) is 155 Å². The van der Waals surface area contributed by atoms with E-state index >= 15 is 0 Å². The van der Waals surface area contributed by atoms with Gasteiger partial charge in [0.1, 0.15) is 15.4 Å². The minimum Gasteiger partial charge on any atom is -0.360 e. The Labute approximate surface area is 222 Å². The molecule has 1 aliphatic rings. The van der Waals surface area contributed by atoms with Crippen molar-refractivity contribution in [3.8, 4) is 0 Å². The topological polar surface area (TPSA) is 28.2 Å². The van der Waals surface area contributed by atoms with Crippen molar-refractivity contribution in [2.45, 2.75) is 116 Å². The van der Waals surface area contributed by atoms with Gasteiger partial charge in [-0.2, -0.15) is 0 Å². The third-order valence-corrected chi connectivity index (χ3v) is 8.94. The predicted octanol–water partition coefficient (Wildman–Crippen LogP) is 6.11. The van der Waals surface area contributed by atoms with E-state index in [1.54, 1.807) is 14.2 Å². The van der Waals surface area contributed by atoms with Gasteiger partial charge in [0.25, 0.3) is 0 Å². The molecule has 0 spiro atoms. The average Bonchev–Trinajstić information content (AvgIpc) is 2.89. The average molecular weight is 512 g/mol. The minimum absolute atomic E-state index is 0.0144. The van der Waals surface area contributed by atoms with Gasteiger partial charge in [-0.25, -0.2) is 0 Å². The van der Waals surface area contributed by atoms with Gasteiger partial charge >= 0.3 is 0 Å². The van der Waals surface area contributed by atoms with Gasteiger partial charge in [0.05, 0.1) is 0 Å². The largest absolute Gasteiger partial charge is 0.360 e. The number of nitrogens with zero attached hydrogens (tertiary/aromatic N) is 3. The molecule has 1 aliphatic heterocycles. The lowest BCUT2D eigenvalue weighted by molar-refractivity contribution is -0.0441. The highest BCUT2D eigenvalue weighted by atomic mass is 28.2. The van der Waals surface area contributed by atoms with Gasteiger partial charge < -0.3 is 19.3 Å². The molecule has 0 atom stereocenters. The van der Waals surface area contributed by atoms with Crippen LogP contribution < -0.4 is 0 Å². The van der Waals surface area contributed by atoms with E-state index in [0.29, 0.717) is 0 Å². The molecule has 0 N–H and O–H groups in total. The summed E-state index contributed by atoms with van der Waals surface area (Å²) in [5, 5.41) is 0. The molecule has 0 amide bonds. The molecule has 0 aromatic rings. The second-order valence-corrected chi connectivity index (χ2v) is 11.9. The van der Waals surface area contributed by atoms with Crippen molar-refractivity contribution in [1.29, 1.82) is 0 Å². The van der Waals surface area contributed by atoms with Gasteiger partial charge in [0.2, 0.25) is 0 Å². The number of methoxy groups -OCH3 is 2. The predicted molar refractivity (Wildman–Crippen MR) is 154 cm³/mol. The van der Waals surface area contributed by atoms with Gasteiger partial charge in [0.15, 0.2) is 0 Å². The highest BCUT2D eigenvalue weighted by Crippen LogP contribution is 2.11. The fraction of sp³-hybridized carbons (Fsp3) is 1.00. The first kappa shape index (κ1) is 33.0. The van der Waals surface area contributed by atoms with E-state index in [2.05, 4.69) is 28.5 Å². The number of hydrogen-bond donors (Lipinski definition) is 0. The monoisotopic (exact) mass is 511 g/mol. The first-order valence-corrected chi connectivity index (χ1v) is 16.5. The van der Waals surface area contributed by atoms with Gasteiger partial charge in [-0.1, -0.05) is 90.5 Å². The normalized spacial score (nSPS) is 15.6. The minimum atomic E-state index is 0.0144. The lowest BCUT2D eigenvalue weighted by Gasteiger charge is -2.36. The van der Waals surface area contributed by atoms with Crippen LogP contribution >= 0.6 is 0 Å². The Balaban J connectivity index is 2.05. The van der Waals surface area contributed by atoms with E-state index in [4.69, 9.17) is 9.47 Å². The lowest BCUT2D eigenvalue weighted by Crippen LogP contribution is -2.48. The number of unbranched alkanes of at least 4 members (excludes halogenated alkanes) is 11. The molecule has 0 aromatic carbocycles. The Hall–Kier alpha value is 0.0169. The number of rotatable bonds is 25. The Bertz CT molecular complexity index is 420. The van der Waals surface area contributed by atoms with Crippen LogP contribution in [0.4, 0.5) is 0 Å². The third-order valence-electron chi connectivity index (χ3n) is 7.49. The summed E-state index contributed by atoms with van der Waals surface area (Å²) < 4.78 is 10.5. The first-order chi connectivity index (χ1) is 17.2. The van der Waals surface area contributed by atoms with Gasteiger partial charge in [-0.05, 0) is 38.9 Å².